The Morgan fingerprint density at radius 2 is 1.82 bits per heavy atom. The van der Waals surface area contributed by atoms with E-state index in [4.69, 9.17) is 14.8 Å². The Balaban J connectivity index is 4.08. The van der Waals surface area contributed by atoms with Crippen LogP contribution < -0.4 is 0 Å². The SMILES string of the molecule is O=C[C@H](O)[C@H](O)CS(=O)(=O)O. The van der Waals surface area contributed by atoms with Crippen molar-refractivity contribution in [3.63, 3.8) is 0 Å². The molecule has 0 aromatic rings. The zero-order valence-electron chi connectivity index (χ0n) is 5.41. The maximum absolute atomic E-state index is 10.0. The number of hydrogen-bond donors (Lipinski definition) is 3. The molecule has 0 saturated carbocycles. The van der Waals surface area contributed by atoms with Crippen molar-refractivity contribution in [2.45, 2.75) is 12.2 Å². The van der Waals surface area contributed by atoms with Crippen molar-refractivity contribution in [3.05, 3.63) is 0 Å². The van der Waals surface area contributed by atoms with Crippen LogP contribution in [0.1, 0.15) is 0 Å². The fraction of sp³-hybridized carbons (Fsp3) is 0.750. The molecular weight excluding hydrogens is 176 g/mol. The molecule has 0 amide bonds. The molecule has 0 aromatic carbocycles. The summed E-state index contributed by atoms with van der Waals surface area (Å²) in [6.45, 7) is 0. The van der Waals surface area contributed by atoms with E-state index in [1.54, 1.807) is 0 Å². The molecule has 0 aliphatic carbocycles. The van der Waals surface area contributed by atoms with Crippen LogP contribution in [0.5, 0.6) is 0 Å². The van der Waals surface area contributed by atoms with Gasteiger partial charge < -0.3 is 15.0 Å². The molecule has 0 unspecified atom stereocenters. The van der Waals surface area contributed by atoms with Crippen LogP contribution in [0, 0.1) is 0 Å². The Labute approximate surface area is 63.2 Å². The Morgan fingerprint density at radius 1 is 1.36 bits per heavy atom. The van der Waals surface area contributed by atoms with Gasteiger partial charge in [0.15, 0.2) is 6.29 Å². The van der Waals surface area contributed by atoms with E-state index in [9.17, 15) is 13.2 Å². The molecule has 0 bridgehead atoms. The third-order valence-electron chi connectivity index (χ3n) is 0.915. The molecule has 11 heavy (non-hydrogen) atoms. The van der Waals surface area contributed by atoms with Gasteiger partial charge in [-0.15, -0.1) is 0 Å². The van der Waals surface area contributed by atoms with Crippen molar-refractivity contribution < 1.29 is 28.0 Å². The summed E-state index contributed by atoms with van der Waals surface area (Å²) in [6, 6.07) is 0. The summed E-state index contributed by atoms with van der Waals surface area (Å²) in [5.41, 5.74) is 0. The van der Waals surface area contributed by atoms with Crippen molar-refractivity contribution in [1.82, 2.24) is 0 Å². The lowest BCUT2D eigenvalue weighted by molar-refractivity contribution is -0.119. The summed E-state index contributed by atoms with van der Waals surface area (Å²) in [6.07, 6.45) is -3.57. The second kappa shape index (κ2) is 3.77. The molecule has 0 fully saturated rings. The highest BCUT2D eigenvalue weighted by atomic mass is 32.2. The first kappa shape index (κ1) is 10.5. The summed E-state index contributed by atoms with van der Waals surface area (Å²) in [4.78, 5) is 9.75. The van der Waals surface area contributed by atoms with Crippen molar-refractivity contribution in [2.24, 2.45) is 0 Å². The van der Waals surface area contributed by atoms with E-state index >= 15 is 0 Å². The first-order valence-electron chi connectivity index (χ1n) is 2.63. The van der Waals surface area contributed by atoms with Crippen LogP contribution in [0.4, 0.5) is 0 Å². The van der Waals surface area contributed by atoms with Crippen molar-refractivity contribution in [3.8, 4) is 0 Å². The van der Waals surface area contributed by atoms with Gasteiger partial charge in [-0.1, -0.05) is 0 Å². The van der Waals surface area contributed by atoms with E-state index < -0.39 is 28.1 Å². The molecule has 66 valence electrons. The largest absolute Gasteiger partial charge is 0.389 e. The van der Waals surface area contributed by atoms with Gasteiger partial charge >= 0.3 is 0 Å². The van der Waals surface area contributed by atoms with Crippen LogP contribution in [0.2, 0.25) is 0 Å². The van der Waals surface area contributed by atoms with Crippen molar-refractivity contribution in [1.29, 1.82) is 0 Å². The van der Waals surface area contributed by atoms with Gasteiger partial charge in [-0.05, 0) is 0 Å². The van der Waals surface area contributed by atoms with Crippen LogP contribution in [0.3, 0.4) is 0 Å². The molecular formula is C4H8O6S. The summed E-state index contributed by atoms with van der Waals surface area (Å²) >= 11 is 0. The van der Waals surface area contributed by atoms with E-state index in [1.807, 2.05) is 0 Å². The molecule has 0 aromatic heterocycles. The molecule has 7 heteroatoms. The molecule has 0 heterocycles. The average molecular weight is 184 g/mol. The minimum absolute atomic E-state index is 0.0180. The lowest BCUT2D eigenvalue weighted by Crippen LogP contribution is -2.33. The van der Waals surface area contributed by atoms with Crippen molar-refractivity contribution in [2.75, 3.05) is 5.75 Å². The maximum Gasteiger partial charge on any atom is 0.267 e. The van der Waals surface area contributed by atoms with Crippen LogP contribution in [0.15, 0.2) is 0 Å². The molecule has 2 atom stereocenters. The first-order chi connectivity index (χ1) is 4.87. The average Bonchev–Trinajstić information content (AvgIpc) is 1.82. The predicted molar refractivity (Wildman–Crippen MR) is 34.5 cm³/mol. The highest BCUT2D eigenvalue weighted by molar-refractivity contribution is 7.85. The fourth-order valence-corrected chi connectivity index (χ4v) is 1.03. The Morgan fingerprint density at radius 3 is 2.09 bits per heavy atom. The third kappa shape index (κ3) is 4.85. The molecule has 0 aliphatic rings. The number of hydrogen-bond acceptors (Lipinski definition) is 5. The minimum Gasteiger partial charge on any atom is -0.389 e. The highest BCUT2D eigenvalue weighted by Crippen LogP contribution is 1.94. The van der Waals surface area contributed by atoms with E-state index in [1.165, 1.54) is 0 Å². The number of carbonyl (C=O) groups is 1. The van der Waals surface area contributed by atoms with Gasteiger partial charge in [0.2, 0.25) is 0 Å². The van der Waals surface area contributed by atoms with Gasteiger partial charge in [0.25, 0.3) is 10.1 Å². The van der Waals surface area contributed by atoms with E-state index in [2.05, 4.69) is 0 Å². The molecule has 0 aliphatic heterocycles. The van der Waals surface area contributed by atoms with Gasteiger partial charge in [0, 0.05) is 0 Å². The summed E-state index contributed by atoms with van der Waals surface area (Å²) in [5.74, 6) is -1.05. The monoisotopic (exact) mass is 184 g/mol. The second-order valence-corrected chi connectivity index (χ2v) is 3.44. The third-order valence-corrected chi connectivity index (χ3v) is 1.68. The number of aliphatic hydroxyl groups is 2. The van der Waals surface area contributed by atoms with Gasteiger partial charge in [-0.2, -0.15) is 8.42 Å². The molecule has 6 nitrogen and oxygen atoms in total. The Bertz CT molecular complexity index is 219. The fourth-order valence-electron chi connectivity index (χ4n) is 0.405. The zero-order chi connectivity index (χ0) is 9.07. The number of aldehydes is 1. The van der Waals surface area contributed by atoms with Gasteiger partial charge in [0.05, 0.1) is 0 Å². The second-order valence-electron chi connectivity index (χ2n) is 1.94. The summed E-state index contributed by atoms with van der Waals surface area (Å²) in [7, 11) is -4.35. The van der Waals surface area contributed by atoms with Crippen LogP contribution >= 0.6 is 0 Å². The Kier molecular flexibility index (Phi) is 3.59. The van der Waals surface area contributed by atoms with E-state index in [-0.39, 0.29) is 6.29 Å². The number of aliphatic hydroxyl groups excluding tert-OH is 2. The normalized spacial score (nSPS) is 17.4. The van der Waals surface area contributed by atoms with Crippen molar-refractivity contribution >= 4 is 16.4 Å². The minimum atomic E-state index is -4.35. The van der Waals surface area contributed by atoms with Crippen LogP contribution in [0.25, 0.3) is 0 Å². The predicted octanol–water partition coefficient (Wildman–Crippen LogP) is -2.21. The number of carbonyl (C=O) groups excluding carboxylic acids is 1. The highest BCUT2D eigenvalue weighted by Gasteiger charge is 2.21. The smallest absolute Gasteiger partial charge is 0.267 e. The van der Waals surface area contributed by atoms with E-state index in [0.29, 0.717) is 0 Å². The molecule has 3 N–H and O–H groups in total. The summed E-state index contributed by atoms with van der Waals surface area (Å²) < 4.78 is 28.2. The molecule has 0 radical (unpaired) electrons. The van der Waals surface area contributed by atoms with Crippen LogP contribution in [-0.2, 0) is 14.9 Å². The van der Waals surface area contributed by atoms with E-state index in [0.717, 1.165) is 0 Å². The van der Waals surface area contributed by atoms with Gasteiger partial charge in [0.1, 0.15) is 18.0 Å². The lowest BCUT2D eigenvalue weighted by Gasteiger charge is -2.09. The van der Waals surface area contributed by atoms with Crippen LogP contribution in [-0.4, -0.2) is 47.4 Å². The van der Waals surface area contributed by atoms with Gasteiger partial charge in [-0.25, -0.2) is 0 Å². The lowest BCUT2D eigenvalue weighted by atomic mass is 10.2. The Hall–Kier alpha value is -0.500. The molecule has 0 rings (SSSR count). The number of rotatable bonds is 4. The topological polar surface area (TPSA) is 112 Å². The van der Waals surface area contributed by atoms with Gasteiger partial charge in [-0.3, -0.25) is 4.55 Å². The molecule has 0 saturated heterocycles. The first-order valence-corrected chi connectivity index (χ1v) is 4.24. The quantitative estimate of drug-likeness (QED) is 0.337. The maximum atomic E-state index is 10.0. The standard InChI is InChI=1S/C4H8O6S/c5-1-3(6)4(7)2-11(8,9)10/h1,3-4,6-7H,2H2,(H,8,9,10)/t3-,4+/m0/s1. The molecule has 0 spiro atoms. The summed E-state index contributed by atoms with van der Waals surface area (Å²) in [5, 5.41) is 17.1. The zero-order valence-corrected chi connectivity index (χ0v) is 6.23.